The third-order valence-corrected chi connectivity index (χ3v) is 2.76. The van der Waals surface area contributed by atoms with E-state index in [9.17, 15) is 4.79 Å². The molecule has 1 aliphatic rings. The molecule has 0 aromatic heterocycles. The fraction of sp³-hybridized carbons (Fsp3) is 0.462. The van der Waals surface area contributed by atoms with Crippen LogP contribution in [0.4, 0.5) is 5.69 Å². The monoisotopic (exact) mass is 234 g/mol. The molecule has 1 aliphatic heterocycles. The number of hydrogen-bond donors (Lipinski definition) is 2. The molecule has 92 valence electrons. The minimum Gasteiger partial charge on any atom is -0.476 e. The Kier molecular flexibility index (Phi) is 2.83. The quantitative estimate of drug-likeness (QED) is 0.818. The molecule has 0 radical (unpaired) electrons. The molecule has 17 heavy (non-hydrogen) atoms. The summed E-state index contributed by atoms with van der Waals surface area (Å²) in [6.45, 7) is 5.46. The van der Waals surface area contributed by atoms with Gasteiger partial charge in [-0.2, -0.15) is 0 Å². The lowest BCUT2D eigenvalue weighted by Crippen LogP contribution is -2.45. The number of ether oxygens (including phenoxy) is 1. The van der Waals surface area contributed by atoms with Crippen molar-refractivity contribution in [3.05, 3.63) is 23.8 Å². The molecule has 1 atom stereocenters. The van der Waals surface area contributed by atoms with Crippen molar-refractivity contribution in [1.29, 1.82) is 0 Å². The molecule has 4 nitrogen and oxygen atoms in total. The Balaban J connectivity index is 2.29. The second-order valence-corrected chi connectivity index (χ2v) is 5.08. The average Bonchev–Trinajstić information content (AvgIpc) is 2.19. The number of carbonyl (C=O) groups excluding carboxylic acids is 1. The summed E-state index contributed by atoms with van der Waals surface area (Å²) in [5.74, 6) is 0.589. The number of amides is 1. The number of anilines is 1. The molecule has 0 aliphatic carbocycles. The maximum atomic E-state index is 11.8. The second-order valence-electron chi connectivity index (χ2n) is 5.08. The van der Waals surface area contributed by atoms with Crippen molar-refractivity contribution in [2.24, 2.45) is 5.73 Å². The smallest absolute Gasteiger partial charge is 0.268 e. The van der Waals surface area contributed by atoms with Crippen molar-refractivity contribution >= 4 is 11.6 Å². The molecule has 1 amide bonds. The van der Waals surface area contributed by atoms with E-state index in [4.69, 9.17) is 10.5 Å². The average molecular weight is 234 g/mol. The van der Waals surface area contributed by atoms with Crippen LogP contribution >= 0.6 is 0 Å². The Bertz CT molecular complexity index is 453. The fourth-order valence-corrected chi connectivity index (χ4v) is 1.86. The lowest BCUT2D eigenvalue weighted by Gasteiger charge is -2.31. The first kappa shape index (κ1) is 11.9. The van der Waals surface area contributed by atoms with Gasteiger partial charge in [-0.3, -0.25) is 4.79 Å². The highest BCUT2D eigenvalue weighted by molar-refractivity contribution is 6.00. The van der Waals surface area contributed by atoms with Gasteiger partial charge in [0.25, 0.3) is 5.91 Å². The summed E-state index contributed by atoms with van der Waals surface area (Å²) < 4.78 is 5.65. The largest absolute Gasteiger partial charge is 0.476 e. The summed E-state index contributed by atoms with van der Waals surface area (Å²) in [7, 11) is 0. The van der Waals surface area contributed by atoms with Gasteiger partial charge in [0.05, 0.1) is 5.69 Å². The summed E-state index contributed by atoms with van der Waals surface area (Å²) in [6.07, 6.45) is 0.784. The number of fused-ring (bicyclic) bond motifs is 1. The Morgan fingerprint density at radius 3 is 2.82 bits per heavy atom. The van der Waals surface area contributed by atoms with Crippen LogP contribution in [0.15, 0.2) is 18.2 Å². The SMILES string of the molecule is CC(N)Cc1ccc2c(c1)NC(=O)C(C)(C)O2. The Morgan fingerprint density at radius 2 is 2.18 bits per heavy atom. The molecule has 0 saturated heterocycles. The molecule has 0 spiro atoms. The number of nitrogens with two attached hydrogens (primary N) is 1. The van der Waals surface area contributed by atoms with Crippen LogP contribution in [0, 0.1) is 0 Å². The van der Waals surface area contributed by atoms with Gasteiger partial charge >= 0.3 is 0 Å². The molecular weight excluding hydrogens is 216 g/mol. The van der Waals surface area contributed by atoms with E-state index in [0.29, 0.717) is 5.75 Å². The van der Waals surface area contributed by atoms with Crippen molar-refractivity contribution in [2.75, 3.05) is 5.32 Å². The maximum Gasteiger partial charge on any atom is 0.268 e. The van der Waals surface area contributed by atoms with Gasteiger partial charge < -0.3 is 15.8 Å². The second kappa shape index (κ2) is 4.04. The zero-order valence-corrected chi connectivity index (χ0v) is 10.4. The normalized spacial score (nSPS) is 18.9. The minimum atomic E-state index is -0.810. The molecular formula is C13H18N2O2. The number of rotatable bonds is 2. The van der Waals surface area contributed by atoms with Crippen molar-refractivity contribution in [3.8, 4) is 5.75 Å². The topological polar surface area (TPSA) is 64.3 Å². The summed E-state index contributed by atoms with van der Waals surface area (Å²) in [5, 5.41) is 2.86. The van der Waals surface area contributed by atoms with Gasteiger partial charge in [-0.25, -0.2) is 0 Å². The van der Waals surface area contributed by atoms with Crippen LogP contribution in [0.1, 0.15) is 26.3 Å². The number of hydrogen-bond acceptors (Lipinski definition) is 3. The number of benzene rings is 1. The first-order valence-electron chi connectivity index (χ1n) is 5.77. The first-order valence-corrected chi connectivity index (χ1v) is 5.77. The Hall–Kier alpha value is -1.55. The summed E-state index contributed by atoms with van der Waals surface area (Å²) in [6, 6.07) is 5.89. The van der Waals surface area contributed by atoms with Gasteiger partial charge in [-0.15, -0.1) is 0 Å². The molecule has 2 rings (SSSR count). The summed E-state index contributed by atoms with van der Waals surface area (Å²) in [5.41, 5.74) is 6.77. The van der Waals surface area contributed by atoms with Crippen LogP contribution < -0.4 is 15.8 Å². The first-order chi connectivity index (χ1) is 7.88. The highest BCUT2D eigenvalue weighted by Crippen LogP contribution is 2.34. The van der Waals surface area contributed by atoms with Gasteiger partial charge in [0.15, 0.2) is 5.60 Å². The lowest BCUT2D eigenvalue weighted by molar-refractivity contribution is -0.129. The fourth-order valence-electron chi connectivity index (χ4n) is 1.86. The van der Waals surface area contributed by atoms with Crippen LogP contribution in [0.2, 0.25) is 0 Å². The molecule has 1 aromatic rings. The van der Waals surface area contributed by atoms with Crippen LogP contribution in [0.5, 0.6) is 5.75 Å². The Morgan fingerprint density at radius 1 is 1.47 bits per heavy atom. The molecule has 1 heterocycles. The van der Waals surface area contributed by atoms with E-state index in [-0.39, 0.29) is 11.9 Å². The molecule has 3 N–H and O–H groups in total. The molecule has 1 unspecified atom stereocenters. The predicted molar refractivity (Wildman–Crippen MR) is 67.1 cm³/mol. The molecule has 0 saturated carbocycles. The van der Waals surface area contributed by atoms with Crippen molar-refractivity contribution in [3.63, 3.8) is 0 Å². The van der Waals surface area contributed by atoms with E-state index in [0.717, 1.165) is 17.7 Å². The van der Waals surface area contributed by atoms with E-state index in [1.165, 1.54) is 0 Å². The van der Waals surface area contributed by atoms with Gasteiger partial charge in [0.1, 0.15) is 5.75 Å². The molecule has 0 bridgehead atoms. The van der Waals surface area contributed by atoms with Crippen molar-refractivity contribution in [2.45, 2.75) is 38.8 Å². The van der Waals surface area contributed by atoms with E-state index in [1.54, 1.807) is 13.8 Å². The van der Waals surface area contributed by atoms with Crippen molar-refractivity contribution in [1.82, 2.24) is 0 Å². The standard InChI is InChI=1S/C13H18N2O2/c1-8(14)6-9-4-5-11-10(7-9)15-12(16)13(2,3)17-11/h4-5,7-8H,6,14H2,1-3H3,(H,15,16). The highest BCUT2D eigenvalue weighted by atomic mass is 16.5. The number of carbonyl (C=O) groups is 1. The van der Waals surface area contributed by atoms with Crippen LogP contribution in [0.25, 0.3) is 0 Å². The summed E-state index contributed by atoms with van der Waals surface area (Å²) in [4.78, 5) is 11.8. The number of nitrogens with one attached hydrogen (secondary N) is 1. The molecule has 1 aromatic carbocycles. The van der Waals surface area contributed by atoms with E-state index in [2.05, 4.69) is 5.32 Å². The zero-order chi connectivity index (χ0) is 12.6. The van der Waals surface area contributed by atoms with Gasteiger partial charge in [-0.1, -0.05) is 6.07 Å². The van der Waals surface area contributed by atoms with E-state index in [1.807, 2.05) is 25.1 Å². The predicted octanol–water partition coefficient (Wildman–Crippen LogP) is 1.69. The van der Waals surface area contributed by atoms with Crippen LogP contribution in [-0.2, 0) is 11.2 Å². The highest BCUT2D eigenvalue weighted by Gasteiger charge is 2.35. The van der Waals surface area contributed by atoms with Crippen LogP contribution in [-0.4, -0.2) is 17.6 Å². The van der Waals surface area contributed by atoms with Gasteiger partial charge in [0.2, 0.25) is 0 Å². The zero-order valence-electron chi connectivity index (χ0n) is 10.4. The van der Waals surface area contributed by atoms with Crippen molar-refractivity contribution < 1.29 is 9.53 Å². The maximum absolute atomic E-state index is 11.8. The van der Waals surface area contributed by atoms with Gasteiger partial charge in [-0.05, 0) is 44.9 Å². The third kappa shape index (κ3) is 2.42. The Labute approximate surface area is 101 Å². The van der Waals surface area contributed by atoms with Gasteiger partial charge in [0, 0.05) is 6.04 Å². The molecule has 4 heteroatoms. The lowest BCUT2D eigenvalue weighted by atomic mass is 10.0. The van der Waals surface area contributed by atoms with Crippen LogP contribution in [0.3, 0.4) is 0 Å². The summed E-state index contributed by atoms with van der Waals surface area (Å²) >= 11 is 0. The molecule has 0 fully saturated rings. The van der Waals surface area contributed by atoms with E-state index >= 15 is 0 Å². The minimum absolute atomic E-state index is 0.102. The van der Waals surface area contributed by atoms with E-state index < -0.39 is 5.60 Å². The third-order valence-electron chi connectivity index (χ3n) is 2.76.